The highest BCUT2D eigenvalue weighted by molar-refractivity contribution is 5.81. The fourth-order valence-corrected chi connectivity index (χ4v) is 3.93. The number of rotatable bonds is 17. The highest BCUT2D eigenvalue weighted by Gasteiger charge is 2.31. The lowest BCUT2D eigenvalue weighted by Gasteiger charge is -2.41. The number of esters is 1. The molecule has 0 aliphatic rings. The van der Waals surface area contributed by atoms with Gasteiger partial charge in [-0.3, -0.25) is 9.59 Å². The monoisotopic (exact) mass is 531 g/mol. The fourth-order valence-electron chi connectivity index (χ4n) is 3.93. The van der Waals surface area contributed by atoms with E-state index in [0.29, 0.717) is 17.6 Å². The molecule has 0 aliphatic carbocycles. The van der Waals surface area contributed by atoms with Gasteiger partial charge in [0.05, 0.1) is 26.1 Å². The molecule has 2 unspecified atom stereocenters. The van der Waals surface area contributed by atoms with Crippen LogP contribution in [0.5, 0.6) is 0 Å². The summed E-state index contributed by atoms with van der Waals surface area (Å²) in [5, 5.41) is 20.7. The molecule has 39 heavy (non-hydrogen) atoms. The van der Waals surface area contributed by atoms with Crippen LogP contribution in [-0.4, -0.2) is 59.8 Å². The van der Waals surface area contributed by atoms with Gasteiger partial charge < -0.3 is 24.2 Å². The lowest BCUT2D eigenvalue weighted by molar-refractivity contribution is -0.930. The summed E-state index contributed by atoms with van der Waals surface area (Å²) in [6, 6.07) is 0. The van der Waals surface area contributed by atoms with E-state index in [9.17, 15) is 24.6 Å². The van der Waals surface area contributed by atoms with E-state index in [2.05, 4.69) is 79.0 Å². The highest BCUT2D eigenvalue weighted by Crippen LogP contribution is 2.18. The number of quaternary nitrogens is 1. The van der Waals surface area contributed by atoms with Crippen LogP contribution in [0.2, 0.25) is 0 Å². The minimum absolute atomic E-state index is 0.0759. The molecule has 7 nitrogen and oxygen atoms in total. The third-order valence-corrected chi connectivity index (χ3v) is 5.73. The quantitative estimate of drug-likeness (QED) is 0.133. The molecule has 7 heteroatoms. The molecule has 0 bridgehead atoms. The van der Waals surface area contributed by atoms with Gasteiger partial charge in [-0.05, 0) is 91.8 Å². The van der Waals surface area contributed by atoms with Gasteiger partial charge in [0.1, 0.15) is 18.6 Å². The molecule has 2 atom stereocenters. The van der Waals surface area contributed by atoms with Gasteiger partial charge in [0.2, 0.25) is 0 Å². The summed E-state index contributed by atoms with van der Waals surface area (Å²) < 4.78 is 6.08. The van der Waals surface area contributed by atoms with Crippen molar-refractivity contribution < 1.29 is 33.8 Å². The highest BCUT2D eigenvalue weighted by atomic mass is 16.5. The van der Waals surface area contributed by atoms with Crippen LogP contribution in [0.1, 0.15) is 72.1 Å². The molecule has 0 aromatic rings. The summed E-state index contributed by atoms with van der Waals surface area (Å²) in [6.07, 6.45) is 9.88. The first-order valence-corrected chi connectivity index (χ1v) is 13.1. The number of carbonyl (C=O) groups is 3. The Morgan fingerprint density at radius 3 is 1.82 bits per heavy atom. The van der Waals surface area contributed by atoms with E-state index in [0.717, 1.165) is 51.6 Å². The van der Waals surface area contributed by atoms with Crippen molar-refractivity contribution in [3.63, 3.8) is 0 Å². The molecule has 0 rings (SSSR count). The smallest absolute Gasteiger partial charge is 0.319 e. The van der Waals surface area contributed by atoms with Crippen LogP contribution >= 0.6 is 0 Å². The predicted molar refractivity (Wildman–Crippen MR) is 147 cm³/mol. The van der Waals surface area contributed by atoms with E-state index in [1.165, 1.54) is 0 Å². The molecule has 1 N–H and O–H groups in total. The molecule has 0 aromatic heterocycles. The number of carboxylic acids is 2. The normalized spacial score (nSPS) is 10.9. The van der Waals surface area contributed by atoms with Gasteiger partial charge in [0.25, 0.3) is 0 Å². The average molecular weight is 532 g/mol. The second-order valence-corrected chi connectivity index (χ2v) is 9.04. The van der Waals surface area contributed by atoms with Crippen molar-refractivity contribution in [2.24, 2.45) is 5.92 Å². The molecule has 0 fully saturated rings. The Morgan fingerprint density at radius 1 is 0.846 bits per heavy atom. The van der Waals surface area contributed by atoms with Crippen molar-refractivity contribution in [2.75, 3.05) is 26.2 Å². The topological polar surface area (TPSA) is 104 Å². The van der Waals surface area contributed by atoms with Gasteiger partial charge in [-0.25, -0.2) is 0 Å². The average Bonchev–Trinajstić information content (AvgIpc) is 2.88. The number of carbonyl (C=O) groups excluding carboxylic acids is 2. The maximum atomic E-state index is 12.6. The third-order valence-electron chi connectivity index (χ3n) is 5.73. The molecule has 0 saturated heterocycles. The Hall–Kier alpha value is -4.27. The van der Waals surface area contributed by atoms with Crippen molar-refractivity contribution in [1.29, 1.82) is 0 Å². The van der Waals surface area contributed by atoms with Crippen LogP contribution in [0.3, 0.4) is 0 Å². The largest absolute Gasteiger partial charge is 0.550 e. The number of nitrogens with zero attached hydrogens (tertiary/aromatic N) is 1. The van der Waals surface area contributed by atoms with Crippen LogP contribution in [-0.2, 0) is 19.1 Å². The SMILES string of the molecule is C#CC#CC#CC#CC#CC#CC(CC(=O)OC(C)C[N+](CCCCC)(CCCCC)CCC(=O)[O-])C(=O)O. The zero-order valence-corrected chi connectivity index (χ0v) is 23.2. The number of unbranched alkanes of at least 4 members (excludes halogenated alkanes) is 4. The Morgan fingerprint density at radius 2 is 1.36 bits per heavy atom. The van der Waals surface area contributed by atoms with Crippen molar-refractivity contribution in [1.82, 2.24) is 0 Å². The lowest BCUT2D eigenvalue weighted by atomic mass is 10.1. The maximum absolute atomic E-state index is 12.6. The van der Waals surface area contributed by atoms with E-state index in [1.54, 1.807) is 6.92 Å². The van der Waals surface area contributed by atoms with Crippen LogP contribution in [0.4, 0.5) is 0 Å². The minimum Gasteiger partial charge on any atom is -0.550 e. The number of hydrogen-bond acceptors (Lipinski definition) is 5. The summed E-state index contributed by atoms with van der Waals surface area (Å²) in [5.41, 5.74) is 0. The van der Waals surface area contributed by atoms with Crippen LogP contribution < -0.4 is 5.11 Å². The second kappa shape index (κ2) is 21.8. The fraction of sp³-hybridized carbons (Fsp3) is 0.531. The number of carboxylic acid groups (broad SMARTS) is 2. The van der Waals surface area contributed by atoms with Gasteiger partial charge in [-0.1, -0.05) is 32.6 Å². The van der Waals surface area contributed by atoms with Gasteiger partial charge >= 0.3 is 11.9 Å². The molecule has 0 heterocycles. The van der Waals surface area contributed by atoms with E-state index in [1.807, 2.05) is 0 Å². The lowest BCUT2D eigenvalue weighted by Crippen LogP contribution is -2.55. The van der Waals surface area contributed by atoms with Gasteiger partial charge in [0, 0.05) is 12.4 Å². The van der Waals surface area contributed by atoms with Gasteiger partial charge in [-0.15, -0.1) is 6.42 Å². The number of hydrogen-bond donors (Lipinski definition) is 1. The molecule has 0 amide bonds. The summed E-state index contributed by atoms with van der Waals surface area (Å²) in [6.45, 7) is 8.35. The first-order chi connectivity index (χ1) is 18.7. The van der Waals surface area contributed by atoms with Crippen LogP contribution in [0.15, 0.2) is 0 Å². The Labute approximate surface area is 233 Å². The molecule has 0 saturated carbocycles. The Kier molecular flexibility index (Phi) is 19.4. The summed E-state index contributed by atoms with van der Waals surface area (Å²) in [5.74, 6) is 21.7. The standard InChI is InChI=1S/C32H37NO6/c1-5-8-11-12-13-14-15-16-17-18-21-29(32(37)38)26-31(36)39-28(4)27-33(23-19-9-6-2,24-20-10-7-3)25-22-30(34)35/h1,28-29H,6-7,9-10,19-20,22-27H2,2-4H3,(H-,34,35,37,38). The molecule has 0 spiro atoms. The van der Waals surface area contributed by atoms with Gasteiger partial charge in [0.15, 0.2) is 0 Å². The van der Waals surface area contributed by atoms with Crippen molar-refractivity contribution in [3.05, 3.63) is 0 Å². The van der Waals surface area contributed by atoms with Crippen molar-refractivity contribution in [3.8, 4) is 71.5 Å². The van der Waals surface area contributed by atoms with Crippen molar-refractivity contribution >= 4 is 17.9 Å². The zero-order valence-electron chi connectivity index (χ0n) is 23.2. The molecular formula is C32H37NO6. The van der Waals surface area contributed by atoms with E-state index in [-0.39, 0.29) is 6.42 Å². The molecule has 206 valence electrons. The first kappa shape index (κ1) is 34.7. The van der Waals surface area contributed by atoms with Gasteiger partial charge in [-0.2, -0.15) is 0 Å². The summed E-state index contributed by atoms with van der Waals surface area (Å²) >= 11 is 0. The van der Waals surface area contributed by atoms with E-state index >= 15 is 0 Å². The van der Waals surface area contributed by atoms with E-state index in [4.69, 9.17) is 11.2 Å². The second-order valence-electron chi connectivity index (χ2n) is 9.04. The van der Waals surface area contributed by atoms with E-state index < -0.39 is 36.4 Å². The summed E-state index contributed by atoms with van der Waals surface area (Å²) in [7, 11) is 0. The molecule has 0 aliphatic heterocycles. The molecule has 0 radical (unpaired) electrons. The Bertz CT molecular complexity index is 1160. The first-order valence-electron chi connectivity index (χ1n) is 13.1. The van der Waals surface area contributed by atoms with Crippen LogP contribution in [0.25, 0.3) is 0 Å². The third kappa shape index (κ3) is 18.6. The minimum atomic E-state index is -1.29. The van der Waals surface area contributed by atoms with Crippen LogP contribution in [0, 0.1) is 77.5 Å². The molecular weight excluding hydrogens is 494 g/mol. The maximum Gasteiger partial charge on any atom is 0.319 e. The Balaban J connectivity index is 5.36. The van der Waals surface area contributed by atoms with Crippen molar-refractivity contribution in [2.45, 2.75) is 78.2 Å². The molecule has 0 aromatic carbocycles. The number of terminal acetylenes is 1. The predicted octanol–water partition coefficient (Wildman–Crippen LogP) is 2.00. The zero-order chi connectivity index (χ0) is 29.4. The number of ether oxygens (including phenoxy) is 1. The number of aliphatic carboxylic acids is 2. The summed E-state index contributed by atoms with van der Waals surface area (Å²) in [4.78, 5) is 35.4.